The summed E-state index contributed by atoms with van der Waals surface area (Å²) in [5, 5.41) is 20.4. The third-order valence-electron chi connectivity index (χ3n) is 3.32. The Bertz CT molecular complexity index is 560. The average Bonchev–Trinajstić information content (AvgIpc) is 2.45. The third kappa shape index (κ3) is 3.88. The van der Waals surface area contributed by atoms with Gasteiger partial charge < -0.3 is 15.1 Å². The number of nitrogens with one attached hydrogen (secondary N) is 4. The molecule has 0 aromatic heterocycles. The Kier molecular flexibility index (Phi) is 4.86. The van der Waals surface area contributed by atoms with Crippen LogP contribution < -0.4 is 10.6 Å². The first-order valence-electron chi connectivity index (χ1n) is 6.66. The Morgan fingerprint density at radius 3 is 2.14 bits per heavy atom. The zero-order chi connectivity index (χ0) is 16.3. The molecule has 1 saturated heterocycles. The second-order valence-corrected chi connectivity index (χ2v) is 5.02. The van der Waals surface area contributed by atoms with Crippen molar-refractivity contribution >= 4 is 17.6 Å². The van der Waals surface area contributed by atoms with Crippen LogP contribution in [0.3, 0.4) is 0 Å². The topological polar surface area (TPSA) is 78.2 Å². The first kappa shape index (κ1) is 16.1. The van der Waals surface area contributed by atoms with E-state index >= 15 is 0 Å². The fraction of sp³-hybridized carbons (Fsp3) is 0.385. The summed E-state index contributed by atoms with van der Waals surface area (Å²) in [6, 6.07) is 1.49. The Morgan fingerprint density at radius 1 is 1.05 bits per heavy atom. The standard InChI is InChI=1S/C13H17F3N6/c1-21-2-4-22(5-3-21)13(18)20-12(17)19-8-6-9(14)11(16)10(15)7-8/h6-7H,2-5H2,1H3,(H4,17,18,19,20). The van der Waals surface area contributed by atoms with E-state index in [-0.39, 0.29) is 17.6 Å². The van der Waals surface area contributed by atoms with E-state index in [9.17, 15) is 13.2 Å². The molecule has 0 radical (unpaired) electrons. The van der Waals surface area contributed by atoms with Crippen molar-refractivity contribution in [1.82, 2.24) is 15.1 Å². The molecule has 0 aliphatic carbocycles. The largest absolute Gasteiger partial charge is 0.340 e. The van der Waals surface area contributed by atoms with Crippen molar-refractivity contribution in [2.45, 2.75) is 0 Å². The van der Waals surface area contributed by atoms with E-state index in [1.54, 1.807) is 4.90 Å². The summed E-state index contributed by atoms with van der Waals surface area (Å²) >= 11 is 0. The average molecular weight is 314 g/mol. The van der Waals surface area contributed by atoms with Gasteiger partial charge in [-0.2, -0.15) is 0 Å². The molecular weight excluding hydrogens is 297 g/mol. The molecule has 1 heterocycles. The predicted molar refractivity (Wildman–Crippen MR) is 77.6 cm³/mol. The van der Waals surface area contributed by atoms with Crippen molar-refractivity contribution in [2.75, 3.05) is 38.5 Å². The number of anilines is 1. The highest BCUT2D eigenvalue weighted by molar-refractivity contribution is 6.02. The van der Waals surface area contributed by atoms with E-state index in [1.807, 2.05) is 7.05 Å². The maximum atomic E-state index is 13.1. The number of halogens is 3. The highest BCUT2D eigenvalue weighted by Gasteiger charge is 2.17. The van der Waals surface area contributed by atoms with Crippen molar-refractivity contribution in [2.24, 2.45) is 0 Å². The molecule has 0 spiro atoms. The molecule has 0 unspecified atom stereocenters. The predicted octanol–water partition coefficient (Wildman–Crippen LogP) is 1.22. The summed E-state index contributed by atoms with van der Waals surface area (Å²) in [6.45, 7) is 2.91. The van der Waals surface area contributed by atoms with Crippen molar-refractivity contribution in [3.8, 4) is 0 Å². The van der Waals surface area contributed by atoms with Gasteiger partial charge in [-0.05, 0) is 7.05 Å². The van der Waals surface area contributed by atoms with Crippen molar-refractivity contribution in [3.05, 3.63) is 29.6 Å². The number of hydrogen-bond acceptors (Lipinski definition) is 3. The molecule has 0 bridgehead atoms. The van der Waals surface area contributed by atoms with Gasteiger partial charge in [0.25, 0.3) is 0 Å². The van der Waals surface area contributed by atoms with Crippen LogP contribution in [0.2, 0.25) is 0 Å². The maximum absolute atomic E-state index is 13.1. The molecule has 120 valence electrons. The lowest BCUT2D eigenvalue weighted by atomic mass is 10.3. The second-order valence-electron chi connectivity index (χ2n) is 5.02. The fourth-order valence-electron chi connectivity index (χ4n) is 2.03. The molecule has 9 heteroatoms. The second kappa shape index (κ2) is 6.65. The number of likely N-dealkylation sites (N-methyl/N-ethyl adjacent to an activating group) is 1. The maximum Gasteiger partial charge on any atom is 0.199 e. The minimum absolute atomic E-state index is 0.0219. The van der Waals surface area contributed by atoms with Crippen LogP contribution in [0, 0.1) is 28.3 Å². The smallest absolute Gasteiger partial charge is 0.199 e. The number of rotatable bonds is 1. The summed E-state index contributed by atoms with van der Waals surface area (Å²) in [5.41, 5.74) is -0.111. The first-order valence-corrected chi connectivity index (χ1v) is 6.66. The molecule has 4 N–H and O–H groups in total. The van der Waals surface area contributed by atoms with E-state index < -0.39 is 17.5 Å². The van der Waals surface area contributed by atoms with Crippen LogP contribution in [0.5, 0.6) is 0 Å². The third-order valence-corrected chi connectivity index (χ3v) is 3.32. The van der Waals surface area contributed by atoms with Gasteiger partial charge in [0.05, 0.1) is 0 Å². The number of piperazine rings is 1. The van der Waals surface area contributed by atoms with Gasteiger partial charge >= 0.3 is 0 Å². The minimum atomic E-state index is -1.56. The van der Waals surface area contributed by atoms with Crippen LogP contribution in [0.15, 0.2) is 12.1 Å². The molecule has 0 atom stereocenters. The van der Waals surface area contributed by atoms with Crippen LogP contribution in [-0.4, -0.2) is 54.9 Å². The summed E-state index contributed by atoms with van der Waals surface area (Å²) in [7, 11) is 1.98. The Labute approximate surface area is 125 Å². The van der Waals surface area contributed by atoms with E-state index in [4.69, 9.17) is 10.8 Å². The molecule has 1 aromatic rings. The molecule has 2 rings (SSSR count). The minimum Gasteiger partial charge on any atom is -0.340 e. The Morgan fingerprint density at radius 2 is 1.59 bits per heavy atom. The highest BCUT2D eigenvalue weighted by atomic mass is 19.2. The van der Waals surface area contributed by atoms with Gasteiger partial charge in [0.15, 0.2) is 29.4 Å². The lowest BCUT2D eigenvalue weighted by Crippen LogP contribution is -2.52. The molecule has 1 fully saturated rings. The lowest BCUT2D eigenvalue weighted by molar-refractivity contribution is 0.212. The normalized spacial score (nSPS) is 15.5. The summed E-state index contributed by atoms with van der Waals surface area (Å²) in [5.74, 6) is -4.55. The molecule has 1 aromatic carbocycles. The monoisotopic (exact) mass is 314 g/mol. The van der Waals surface area contributed by atoms with Crippen LogP contribution >= 0.6 is 0 Å². The number of guanidine groups is 2. The number of hydrogen-bond donors (Lipinski definition) is 4. The zero-order valence-corrected chi connectivity index (χ0v) is 12.0. The SMILES string of the molecule is CN1CCN(C(=N)NC(=N)Nc2cc(F)c(F)c(F)c2)CC1. The number of benzene rings is 1. The zero-order valence-electron chi connectivity index (χ0n) is 12.0. The van der Waals surface area contributed by atoms with Gasteiger partial charge in [0, 0.05) is 44.0 Å². The van der Waals surface area contributed by atoms with Gasteiger partial charge in [0.2, 0.25) is 0 Å². The van der Waals surface area contributed by atoms with Gasteiger partial charge in [0.1, 0.15) is 0 Å². The van der Waals surface area contributed by atoms with Crippen molar-refractivity contribution in [3.63, 3.8) is 0 Å². The van der Waals surface area contributed by atoms with Crippen LogP contribution in [0.25, 0.3) is 0 Å². The molecule has 1 aliphatic heterocycles. The van der Waals surface area contributed by atoms with Gasteiger partial charge in [-0.3, -0.25) is 16.1 Å². The fourth-order valence-corrected chi connectivity index (χ4v) is 2.03. The van der Waals surface area contributed by atoms with E-state index in [1.165, 1.54) is 0 Å². The molecular formula is C13H17F3N6. The van der Waals surface area contributed by atoms with Gasteiger partial charge in [-0.1, -0.05) is 0 Å². The molecule has 0 saturated carbocycles. The van der Waals surface area contributed by atoms with E-state index in [0.717, 1.165) is 25.2 Å². The van der Waals surface area contributed by atoms with Crippen molar-refractivity contribution in [1.29, 1.82) is 10.8 Å². The summed E-state index contributed by atoms with van der Waals surface area (Å²) in [4.78, 5) is 3.87. The Balaban J connectivity index is 1.91. The van der Waals surface area contributed by atoms with Gasteiger partial charge in [-0.15, -0.1) is 0 Å². The highest BCUT2D eigenvalue weighted by Crippen LogP contribution is 2.17. The van der Waals surface area contributed by atoms with Gasteiger partial charge in [-0.25, -0.2) is 13.2 Å². The summed E-state index contributed by atoms with van der Waals surface area (Å²) in [6.07, 6.45) is 0. The molecule has 1 aliphatic rings. The molecule has 0 amide bonds. The quantitative estimate of drug-likeness (QED) is 0.357. The molecule has 6 nitrogen and oxygen atoms in total. The van der Waals surface area contributed by atoms with Crippen LogP contribution in [0.1, 0.15) is 0 Å². The van der Waals surface area contributed by atoms with E-state index in [0.29, 0.717) is 13.1 Å². The Hall–Kier alpha value is -2.29. The lowest BCUT2D eigenvalue weighted by Gasteiger charge is -2.34. The summed E-state index contributed by atoms with van der Waals surface area (Å²) < 4.78 is 39.0. The van der Waals surface area contributed by atoms with Crippen molar-refractivity contribution < 1.29 is 13.2 Å². The van der Waals surface area contributed by atoms with Crippen LogP contribution in [-0.2, 0) is 0 Å². The molecule has 22 heavy (non-hydrogen) atoms. The number of nitrogens with zero attached hydrogens (tertiary/aromatic N) is 2. The first-order chi connectivity index (χ1) is 10.4. The van der Waals surface area contributed by atoms with E-state index in [2.05, 4.69) is 15.5 Å². The van der Waals surface area contributed by atoms with Crippen LogP contribution in [0.4, 0.5) is 18.9 Å².